The third-order valence-electron chi connectivity index (χ3n) is 3.90. The number of fused-ring (bicyclic) bond motifs is 1. The van der Waals surface area contributed by atoms with Crippen LogP contribution >= 0.6 is 0 Å². The topological polar surface area (TPSA) is 81.7 Å². The van der Waals surface area contributed by atoms with Crippen LogP contribution in [0.15, 0.2) is 40.8 Å². The molecule has 3 aromatic rings. The van der Waals surface area contributed by atoms with Crippen LogP contribution in [0.4, 0.5) is 0 Å². The predicted molar refractivity (Wildman–Crippen MR) is 94.8 cm³/mol. The molecule has 0 saturated carbocycles. The minimum absolute atomic E-state index is 0.111. The van der Waals surface area contributed by atoms with Crippen molar-refractivity contribution in [2.75, 3.05) is 13.7 Å². The summed E-state index contributed by atoms with van der Waals surface area (Å²) >= 11 is 0. The second-order valence-corrected chi connectivity index (χ2v) is 5.51. The van der Waals surface area contributed by atoms with E-state index in [1.165, 1.54) is 12.1 Å². The first-order chi connectivity index (χ1) is 12.6. The maximum Gasteiger partial charge on any atom is 0.380 e. The van der Waals surface area contributed by atoms with Crippen molar-refractivity contribution >= 4 is 16.9 Å². The molecule has 0 amide bonds. The van der Waals surface area contributed by atoms with Crippen LogP contribution in [-0.2, 0) is 0 Å². The van der Waals surface area contributed by atoms with E-state index in [0.29, 0.717) is 34.8 Å². The summed E-state index contributed by atoms with van der Waals surface area (Å²) in [4.78, 5) is 12.6. The van der Waals surface area contributed by atoms with Gasteiger partial charge in [-0.15, -0.1) is 0 Å². The molecule has 0 fully saturated rings. The van der Waals surface area contributed by atoms with Gasteiger partial charge in [-0.05, 0) is 44.2 Å². The standard InChI is InChI=1S/C20H17NO5/c1-4-24-18-9-13(11-21)5-7-17(18)26-20(22)19-12(2)15-10-14(23-3)6-8-16(15)25-19/h5-10H,4H2,1-3H3. The second-order valence-electron chi connectivity index (χ2n) is 5.51. The highest BCUT2D eigenvalue weighted by Gasteiger charge is 2.21. The molecule has 0 bridgehead atoms. The van der Waals surface area contributed by atoms with E-state index in [1.54, 1.807) is 45.2 Å². The molecule has 0 spiro atoms. The van der Waals surface area contributed by atoms with Gasteiger partial charge >= 0.3 is 5.97 Å². The molecule has 6 nitrogen and oxygen atoms in total. The van der Waals surface area contributed by atoms with Crippen LogP contribution < -0.4 is 14.2 Å². The van der Waals surface area contributed by atoms with Crippen molar-refractivity contribution in [2.45, 2.75) is 13.8 Å². The minimum Gasteiger partial charge on any atom is -0.497 e. The second kappa shape index (κ2) is 7.19. The Kier molecular flexibility index (Phi) is 4.81. The third kappa shape index (κ3) is 3.20. The maximum atomic E-state index is 12.6. The highest BCUT2D eigenvalue weighted by molar-refractivity contribution is 5.97. The summed E-state index contributed by atoms with van der Waals surface area (Å²) in [5.74, 6) is 0.707. The van der Waals surface area contributed by atoms with Crippen molar-refractivity contribution < 1.29 is 23.4 Å². The van der Waals surface area contributed by atoms with Gasteiger partial charge in [-0.2, -0.15) is 5.26 Å². The molecule has 2 aromatic carbocycles. The Bertz CT molecular complexity index is 1010. The average molecular weight is 351 g/mol. The molecule has 1 heterocycles. The van der Waals surface area contributed by atoms with Crippen molar-refractivity contribution in [1.82, 2.24) is 0 Å². The summed E-state index contributed by atoms with van der Waals surface area (Å²) in [6.07, 6.45) is 0. The Balaban J connectivity index is 1.95. The highest BCUT2D eigenvalue weighted by Crippen LogP contribution is 2.32. The lowest BCUT2D eigenvalue weighted by atomic mass is 10.1. The first-order valence-corrected chi connectivity index (χ1v) is 8.03. The van der Waals surface area contributed by atoms with E-state index in [-0.39, 0.29) is 11.5 Å². The van der Waals surface area contributed by atoms with Crippen LogP contribution in [0.1, 0.15) is 28.6 Å². The minimum atomic E-state index is -0.636. The zero-order chi connectivity index (χ0) is 18.7. The number of methoxy groups -OCH3 is 1. The maximum absolute atomic E-state index is 12.6. The Morgan fingerprint density at radius 3 is 2.69 bits per heavy atom. The summed E-state index contributed by atoms with van der Waals surface area (Å²) in [5.41, 5.74) is 1.65. The summed E-state index contributed by atoms with van der Waals surface area (Å²) < 4.78 is 21.8. The van der Waals surface area contributed by atoms with Gasteiger partial charge < -0.3 is 18.6 Å². The van der Waals surface area contributed by atoms with Gasteiger partial charge in [0.2, 0.25) is 5.76 Å². The predicted octanol–water partition coefficient (Wildman–Crippen LogP) is 4.24. The average Bonchev–Trinajstić information content (AvgIpc) is 2.99. The van der Waals surface area contributed by atoms with Crippen molar-refractivity contribution in [1.29, 1.82) is 5.26 Å². The number of nitrogens with zero attached hydrogens (tertiary/aromatic N) is 1. The van der Waals surface area contributed by atoms with E-state index in [4.69, 9.17) is 23.9 Å². The Morgan fingerprint density at radius 1 is 1.19 bits per heavy atom. The van der Waals surface area contributed by atoms with Crippen molar-refractivity contribution in [3.8, 4) is 23.3 Å². The van der Waals surface area contributed by atoms with Crippen molar-refractivity contribution in [3.05, 3.63) is 53.3 Å². The van der Waals surface area contributed by atoms with E-state index < -0.39 is 5.97 Å². The van der Waals surface area contributed by atoms with E-state index in [2.05, 4.69) is 0 Å². The van der Waals surface area contributed by atoms with Gasteiger partial charge in [0.1, 0.15) is 11.3 Å². The van der Waals surface area contributed by atoms with Crippen molar-refractivity contribution in [3.63, 3.8) is 0 Å². The molecule has 26 heavy (non-hydrogen) atoms. The third-order valence-corrected chi connectivity index (χ3v) is 3.90. The van der Waals surface area contributed by atoms with Gasteiger partial charge in [-0.25, -0.2) is 4.79 Å². The molecule has 0 aliphatic rings. The lowest BCUT2D eigenvalue weighted by molar-refractivity contribution is 0.0696. The summed E-state index contributed by atoms with van der Waals surface area (Å²) in [6, 6.07) is 11.9. The molecule has 1 aromatic heterocycles. The lowest BCUT2D eigenvalue weighted by Crippen LogP contribution is -2.10. The number of carbonyl (C=O) groups excluding carboxylic acids is 1. The molecule has 0 saturated heterocycles. The van der Waals surface area contributed by atoms with E-state index in [1.807, 2.05) is 6.07 Å². The van der Waals surface area contributed by atoms with Gasteiger partial charge in [0.15, 0.2) is 11.5 Å². The van der Waals surface area contributed by atoms with Crippen LogP contribution in [0.25, 0.3) is 11.0 Å². The SMILES string of the molecule is CCOc1cc(C#N)ccc1OC(=O)c1oc2ccc(OC)cc2c1C. The number of ether oxygens (including phenoxy) is 3. The van der Waals surface area contributed by atoms with Crippen LogP contribution in [-0.4, -0.2) is 19.7 Å². The fourth-order valence-corrected chi connectivity index (χ4v) is 2.60. The molecular weight excluding hydrogens is 334 g/mol. The normalized spacial score (nSPS) is 10.4. The zero-order valence-corrected chi connectivity index (χ0v) is 14.7. The molecule has 0 aliphatic heterocycles. The number of hydrogen-bond donors (Lipinski definition) is 0. The van der Waals surface area contributed by atoms with Crippen molar-refractivity contribution in [2.24, 2.45) is 0 Å². The summed E-state index contributed by atoms with van der Waals surface area (Å²) in [5, 5.41) is 9.78. The summed E-state index contributed by atoms with van der Waals surface area (Å²) in [6.45, 7) is 3.97. The van der Waals surface area contributed by atoms with Crippen LogP contribution in [0.3, 0.4) is 0 Å². The van der Waals surface area contributed by atoms with Gasteiger partial charge in [0.25, 0.3) is 0 Å². The molecule has 132 valence electrons. The Morgan fingerprint density at radius 2 is 2.00 bits per heavy atom. The first kappa shape index (κ1) is 17.4. The largest absolute Gasteiger partial charge is 0.497 e. The van der Waals surface area contributed by atoms with Crippen LogP contribution in [0.5, 0.6) is 17.2 Å². The molecule has 0 aliphatic carbocycles. The van der Waals surface area contributed by atoms with Gasteiger partial charge in [0.05, 0.1) is 25.3 Å². The molecular formula is C20H17NO5. The lowest BCUT2D eigenvalue weighted by Gasteiger charge is -2.10. The van der Waals surface area contributed by atoms with E-state index in [9.17, 15) is 4.79 Å². The van der Waals surface area contributed by atoms with Gasteiger partial charge in [-0.1, -0.05) is 0 Å². The van der Waals surface area contributed by atoms with Crippen LogP contribution in [0, 0.1) is 18.3 Å². The van der Waals surface area contributed by atoms with E-state index >= 15 is 0 Å². The first-order valence-electron chi connectivity index (χ1n) is 8.03. The van der Waals surface area contributed by atoms with Crippen LogP contribution in [0.2, 0.25) is 0 Å². The Hall–Kier alpha value is -3.46. The number of furan rings is 1. The number of hydrogen-bond acceptors (Lipinski definition) is 6. The molecule has 3 rings (SSSR count). The fraction of sp³-hybridized carbons (Fsp3) is 0.200. The smallest absolute Gasteiger partial charge is 0.380 e. The quantitative estimate of drug-likeness (QED) is 0.505. The number of aryl methyl sites for hydroxylation is 1. The summed E-state index contributed by atoms with van der Waals surface area (Å²) in [7, 11) is 1.58. The van der Waals surface area contributed by atoms with Gasteiger partial charge in [0, 0.05) is 17.0 Å². The zero-order valence-electron chi connectivity index (χ0n) is 14.7. The number of esters is 1. The van der Waals surface area contributed by atoms with E-state index in [0.717, 1.165) is 5.39 Å². The molecule has 6 heteroatoms. The number of benzene rings is 2. The molecule has 0 radical (unpaired) electrons. The molecule has 0 N–H and O–H groups in total. The number of nitriles is 1. The Labute approximate surface area is 150 Å². The number of rotatable bonds is 5. The molecule has 0 atom stereocenters. The molecule has 0 unspecified atom stereocenters. The van der Waals surface area contributed by atoms with Gasteiger partial charge in [-0.3, -0.25) is 0 Å². The highest BCUT2D eigenvalue weighted by atomic mass is 16.6. The fourth-order valence-electron chi connectivity index (χ4n) is 2.60. The monoisotopic (exact) mass is 351 g/mol. The number of carbonyl (C=O) groups is 1.